The number of amides is 1. The summed E-state index contributed by atoms with van der Waals surface area (Å²) in [6.07, 6.45) is -4.46. The highest BCUT2D eigenvalue weighted by molar-refractivity contribution is 7.21. The molecule has 34 heavy (non-hydrogen) atoms. The van der Waals surface area contributed by atoms with E-state index in [9.17, 15) is 22.8 Å². The molecule has 4 rings (SSSR count). The highest BCUT2D eigenvalue weighted by atomic mass is 32.1. The summed E-state index contributed by atoms with van der Waals surface area (Å²) in [5, 5.41) is 2.40. The number of alkyl halides is 3. The fraction of sp³-hybridized carbons (Fsp3) is 0.208. The summed E-state index contributed by atoms with van der Waals surface area (Å²) in [6.45, 7) is -0.494. The van der Waals surface area contributed by atoms with E-state index >= 15 is 0 Å². The number of hydrogen-bond acceptors (Lipinski definition) is 5. The van der Waals surface area contributed by atoms with Crippen LogP contribution in [0.4, 0.5) is 13.2 Å². The smallest absolute Gasteiger partial charge is 0.343 e. The molecule has 0 aliphatic carbocycles. The Morgan fingerprint density at radius 3 is 2.47 bits per heavy atom. The Hall–Kier alpha value is -3.50. The monoisotopic (exact) mass is 486 g/mol. The standard InChI is InChI=1S/C24H21F3N4O2S/c1-31(12-15-7-9-17(10-8-15)21(32)28-14-24(25,26)27)13-20-29-22(33)18-11-19(34-23(18)30-20)16-5-3-2-4-6-16/h2-11H,12-14H2,1H3,(H,28,32)(H,29,30,33). The van der Waals surface area contributed by atoms with Crippen LogP contribution >= 0.6 is 11.3 Å². The van der Waals surface area contributed by atoms with Gasteiger partial charge in [-0.1, -0.05) is 42.5 Å². The predicted octanol–water partition coefficient (Wildman–Crippen LogP) is 4.58. The predicted molar refractivity (Wildman–Crippen MR) is 126 cm³/mol. The molecule has 0 saturated heterocycles. The average molecular weight is 487 g/mol. The van der Waals surface area contributed by atoms with E-state index in [0.29, 0.717) is 29.1 Å². The van der Waals surface area contributed by atoms with E-state index in [1.54, 1.807) is 12.1 Å². The summed E-state index contributed by atoms with van der Waals surface area (Å²) in [7, 11) is 1.86. The molecule has 1 amide bonds. The number of hydrogen-bond donors (Lipinski definition) is 2. The lowest BCUT2D eigenvalue weighted by atomic mass is 10.1. The van der Waals surface area contributed by atoms with Crippen molar-refractivity contribution >= 4 is 27.5 Å². The Morgan fingerprint density at radius 1 is 1.09 bits per heavy atom. The lowest BCUT2D eigenvalue weighted by molar-refractivity contribution is -0.123. The minimum atomic E-state index is -4.46. The number of fused-ring (bicyclic) bond motifs is 1. The van der Waals surface area contributed by atoms with Crippen LogP contribution in [0.2, 0.25) is 0 Å². The minimum absolute atomic E-state index is 0.152. The number of carbonyl (C=O) groups is 1. The van der Waals surface area contributed by atoms with E-state index in [1.807, 2.05) is 53.7 Å². The van der Waals surface area contributed by atoms with Gasteiger partial charge in [-0.3, -0.25) is 14.5 Å². The maximum atomic E-state index is 12.6. The fourth-order valence-electron chi connectivity index (χ4n) is 3.46. The number of aromatic amines is 1. The fourth-order valence-corrected chi connectivity index (χ4v) is 4.52. The molecule has 4 aromatic rings. The Balaban J connectivity index is 1.41. The Morgan fingerprint density at radius 2 is 1.79 bits per heavy atom. The van der Waals surface area contributed by atoms with E-state index < -0.39 is 18.6 Å². The Kier molecular flexibility index (Phi) is 6.80. The Bertz CT molecular complexity index is 1350. The van der Waals surface area contributed by atoms with Crippen molar-refractivity contribution in [3.63, 3.8) is 0 Å². The summed E-state index contributed by atoms with van der Waals surface area (Å²) >= 11 is 1.46. The molecule has 176 valence electrons. The van der Waals surface area contributed by atoms with Gasteiger partial charge in [-0.25, -0.2) is 4.98 Å². The van der Waals surface area contributed by atoms with Crippen molar-refractivity contribution in [3.8, 4) is 10.4 Å². The van der Waals surface area contributed by atoms with E-state index in [4.69, 9.17) is 0 Å². The second-order valence-electron chi connectivity index (χ2n) is 7.88. The first-order valence-corrected chi connectivity index (χ1v) is 11.2. The number of thiophene rings is 1. The summed E-state index contributed by atoms with van der Waals surface area (Å²) in [5.74, 6) is -0.247. The molecule has 2 N–H and O–H groups in total. The van der Waals surface area contributed by atoms with E-state index in [1.165, 1.54) is 23.5 Å². The van der Waals surface area contributed by atoms with Gasteiger partial charge in [0.2, 0.25) is 0 Å². The molecule has 6 nitrogen and oxygen atoms in total. The Labute approximate surface area is 197 Å². The molecule has 0 aliphatic heterocycles. The van der Waals surface area contributed by atoms with Crippen molar-refractivity contribution in [3.05, 3.63) is 88.0 Å². The van der Waals surface area contributed by atoms with Gasteiger partial charge >= 0.3 is 6.18 Å². The molecule has 2 aromatic carbocycles. The quantitative estimate of drug-likeness (QED) is 0.401. The summed E-state index contributed by atoms with van der Waals surface area (Å²) in [4.78, 5) is 35.4. The molecule has 0 saturated carbocycles. The van der Waals surface area contributed by atoms with Crippen LogP contribution < -0.4 is 10.9 Å². The molecule has 2 aromatic heterocycles. The first-order chi connectivity index (χ1) is 16.2. The third-order valence-corrected chi connectivity index (χ3v) is 6.13. The van der Waals surface area contributed by atoms with Crippen LogP contribution in [0, 0.1) is 0 Å². The largest absolute Gasteiger partial charge is 0.405 e. The molecule has 0 spiro atoms. The SMILES string of the molecule is CN(Cc1ccc(C(=O)NCC(F)(F)F)cc1)Cc1nc2sc(-c3ccccc3)cc2c(=O)[nH]1. The maximum absolute atomic E-state index is 12.6. The number of carbonyl (C=O) groups excluding carboxylic acids is 1. The average Bonchev–Trinajstić information content (AvgIpc) is 3.23. The molecule has 0 atom stereocenters. The molecule has 2 heterocycles. The summed E-state index contributed by atoms with van der Waals surface area (Å²) in [5.41, 5.74) is 1.85. The minimum Gasteiger partial charge on any atom is -0.343 e. The molecule has 10 heteroatoms. The molecule has 0 unspecified atom stereocenters. The van der Waals surface area contributed by atoms with Crippen LogP contribution in [0.1, 0.15) is 21.7 Å². The summed E-state index contributed by atoms with van der Waals surface area (Å²) in [6, 6.07) is 18.0. The van der Waals surface area contributed by atoms with Gasteiger partial charge < -0.3 is 10.3 Å². The topological polar surface area (TPSA) is 78.1 Å². The van der Waals surface area contributed by atoms with Gasteiger partial charge in [0.15, 0.2) is 0 Å². The van der Waals surface area contributed by atoms with E-state index in [-0.39, 0.29) is 11.1 Å². The number of rotatable bonds is 7. The molecular weight excluding hydrogens is 465 g/mol. The molecular formula is C24H21F3N4O2S. The molecule has 0 aliphatic rings. The van der Waals surface area contributed by atoms with E-state index in [0.717, 1.165) is 16.0 Å². The van der Waals surface area contributed by atoms with E-state index in [2.05, 4.69) is 9.97 Å². The number of nitrogens with zero attached hydrogens (tertiary/aromatic N) is 2. The van der Waals surface area contributed by atoms with Gasteiger partial charge in [-0.15, -0.1) is 11.3 Å². The first kappa shape index (κ1) is 23.7. The van der Waals surface area contributed by atoms with Crippen LogP contribution in [-0.4, -0.2) is 40.5 Å². The van der Waals surface area contributed by atoms with Crippen LogP contribution in [0.25, 0.3) is 20.7 Å². The van der Waals surface area contributed by atoms with Crippen molar-refractivity contribution in [2.24, 2.45) is 0 Å². The second kappa shape index (κ2) is 9.78. The normalized spacial score (nSPS) is 11.8. The van der Waals surface area contributed by atoms with Crippen molar-refractivity contribution in [1.29, 1.82) is 0 Å². The molecule has 0 radical (unpaired) electrons. The van der Waals surface area contributed by atoms with Crippen molar-refractivity contribution in [2.75, 3.05) is 13.6 Å². The third-order valence-electron chi connectivity index (χ3n) is 5.05. The summed E-state index contributed by atoms with van der Waals surface area (Å²) < 4.78 is 36.8. The van der Waals surface area contributed by atoms with Gasteiger partial charge in [-0.2, -0.15) is 13.2 Å². The highest BCUT2D eigenvalue weighted by Crippen LogP contribution is 2.30. The third kappa shape index (κ3) is 5.89. The first-order valence-electron chi connectivity index (χ1n) is 10.4. The molecule has 0 bridgehead atoms. The van der Waals surface area contributed by atoms with Crippen molar-refractivity contribution in [2.45, 2.75) is 19.3 Å². The number of halogens is 3. The van der Waals surface area contributed by atoms with Gasteiger partial charge in [0.1, 0.15) is 17.2 Å². The zero-order valence-electron chi connectivity index (χ0n) is 18.1. The second-order valence-corrected chi connectivity index (χ2v) is 8.91. The van der Waals surface area contributed by atoms with Crippen molar-refractivity contribution in [1.82, 2.24) is 20.2 Å². The number of nitrogens with one attached hydrogen (secondary N) is 2. The van der Waals surface area contributed by atoms with Crippen LogP contribution in [0.5, 0.6) is 0 Å². The lowest BCUT2D eigenvalue weighted by Crippen LogP contribution is -2.33. The molecule has 0 fully saturated rings. The number of aromatic nitrogens is 2. The number of H-pyrrole nitrogens is 1. The van der Waals surface area contributed by atoms with Gasteiger partial charge in [0.25, 0.3) is 11.5 Å². The van der Waals surface area contributed by atoms with Crippen molar-refractivity contribution < 1.29 is 18.0 Å². The number of benzene rings is 2. The van der Waals surface area contributed by atoms with Gasteiger partial charge in [0.05, 0.1) is 11.9 Å². The van der Waals surface area contributed by atoms with Gasteiger partial charge in [-0.05, 0) is 36.4 Å². The zero-order valence-corrected chi connectivity index (χ0v) is 19.0. The zero-order chi connectivity index (χ0) is 24.3. The highest BCUT2D eigenvalue weighted by Gasteiger charge is 2.27. The van der Waals surface area contributed by atoms with Gasteiger partial charge in [0, 0.05) is 17.0 Å². The lowest BCUT2D eigenvalue weighted by Gasteiger charge is -2.16. The van der Waals surface area contributed by atoms with Crippen LogP contribution in [0.3, 0.4) is 0 Å². The van der Waals surface area contributed by atoms with Crippen LogP contribution in [0.15, 0.2) is 65.5 Å². The maximum Gasteiger partial charge on any atom is 0.405 e. The van der Waals surface area contributed by atoms with Crippen LogP contribution in [-0.2, 0) is 13.1 Å².